The zero-order valence-electron chi connectivity index (χ0n) is 9.64. The van der Waals surface area contributed by atoms with E-state index < -0.39 is 21.2 Å². The highest BCUT2D eigenvalue weighted by Crippen LogP contribution is 3.02. The summed E-state index contributed by atoms with van der Waals surface area (Å²) in [6.07, 6.45) is 2.65. The van der Waals surface area contributed by atoms with E-state index in [4.69, 9.17) is 0 Å². The van der Waals surface area contributed by atoms with Crippen LogP contribution >= 0.6 is 10.2 Å². The number of nitrogens with one attached hydrogen (secondary N) is 1. The molecule has 0 saturated heterocycles. The molecule has 0 saturated carbocycles. The first kappa shape index (κ1) is 14.3. The summed E-state index contributed by atoms with van der Waals surface area (Å²) in [5.74, 6) is 0. The molecule has 0 aliphatic carbocycles. The molecule has 0 radical (unpaired) electrons. The lowest BCUT2D eigenvalue weighted by Gasteiger charge is -2.40. The van der Waals surface area contributed by atoms with Gasteiger partial charge in [0, 0.05) is 18.1 Å². The number of amides is 1. The molecule has 1 N–H and O–H groups in total. The van der Waals surface area contributed by atoms with E-state index in [9.17, 15) is 24.2 Å². The lowest BCUT2D eigenvalue weighted by Crippen LogP contribution is -2.19. The van der Waals surface area contributed by atoms with Crippen molar-refractivity contribution in [3.05, 3.63) is 42.7 Å². The number of aromatic nitrogens is 2. The van der Waals surface area contributed by atoms with Crippen LogP contribution in [-0.2, 0) is 0 Å². The number of anilines is 1. The Labute approximate surface area is 109 Å². The van der Waals surface area contributed by atoms with Crippen LogP contribution in [-0.4, -0.2) is 15.8 Å². The average Bonchev–Trinajstić information content (AvgIpc) is 2.79. The van der Waals surface area contributed by atoms with Crippen LogP contribution in [0.3, 0.4) is 0 Å². The molecular formula is C10H8F5N3OS. The third-order valence-electron chi connectivity index (χ3n) is 2.26. The van der Waals surface area contributed by atoms with Gasteiger partial charge in [0.1, 0.15) is 4.90 Å². The predicted molar refractivity (Wildman–Crippen MR) is 64.5 cm³/mol. The van der Waals surface area contributed by atoms with Gasteiger partial charge in [0.25, 0.3) is 0 Å². The summed E-state index contributed by atoms with van der Waals surface area (Å²) in [5.41, 5.74) is -0.0592. The van der Waals surface area contributed by atoms with Gasteiger partial charge in [-0.3, -0.25) is 0 Å². The maximum absolute atomic E-state index is 12.5. The molecule has 20 heavy (non-hydrogen) atoms. The number of benzene rings is 1. The minimum atomic E-state index is -9.68. The minimum absolute atomic E-state index is 0.0592. The van der Waals surface area contributed by atoms with Crippen molar-refractivity contribution >= 4 is 21.9 Å². The Kier molecular flexibility index (Phi) is 2.66. The van der Waals surface area contributed by atoms with Crippen LogP contribution in [0.5, 0.6) is 0 Å². The van der Waals surface area contributed by atoms with Gasteiger partial charge in [0.05, 0.1) is 0 Å². The second-order valence-corrected chi connectivity index (χ2v) is 6.28. The van der Waals surface area contributed by atoms with E-state index in [2.05, 4.69) is 10.4 Å². The van der Waals surface area contributed by atoms with Gasteiger partial charge in [-0.25, -0.2) is 4.79 Å². The third kappa shape index (κ3) is 3.26. The quantitative estimate of drug-likeness (QED) is 0.822. The van der Waals surface area contributed by atoms with E-state index in [1.165, 1.54) is 18.5 Å². The average molecular weight is 313 g/mol. The Hall–Kier alpha value is -2.10. The van der Waals surface area contributed by atoms with E-state index in [1.807, 2.05) is 0 Å². The molecule has 0 unspecified atom stereocenters. The fourth-order valence-electron chi connectivity index (χ4n) is 1.37. The van der Waals surface area contributed by atoms with Crippen molar-refractivity contribution in [3.63, 3.8) is 0 Å². The molecule has 2 aromatic rings. The molecule has 0 spiro atoms. The molecule has 2 rings (SSSR count). The molecule has 0 aliphatic heterocycles. The summed E-state index contributed by atoms with van der Waals surface area (Å²) < 4.78 is 63.2. The number of hydrogen-bond donors (Lipinski definition) is 1. The Morgan fingerprint density at radius 3 is 2.15 bits per heavy atom. The minimum Gasteiger partial charge on any atom is -0.306 e. The Balaban J connectivity index is 2.20. The maximum atomic E-state index is 12.5. The largest absolute Gasteiger partial charge is 0.346 e. The Morgan fingerprint density at radius 2 is 1.70 bits per heavy atom. The van der Waals surface area contributed by atoms with Crippen molar-refractivity contribution in [2.45, 2.75) is 4.90 Å². The van der Waals surface area contributed by atoms with Crippen molar-refractivity contribution in [2.75, 3.05) is 5.32 Å². The second-order valence-electron chi connectivity index (χ2n) is 3.87. The van der Waals surface area contributed by atoms with Gasteiger partial charge in [-0.15, -0.1) is 0 Å². The lowest BCUT2D eigenvalue weighted by atomic mass is 10.3. The number of rotatable bonds is 2. The molecule has 10 heteroatoms. The van der Waals surface area contributed by atoms with Crippen molar-refractivity contribution in [1.82, 2.24) is 9.78 Å². The summed E-state index contributed by atoms with van der Waals surface area (Å²) in [4.78, 5) is 9.50. The predicted octanol–water partition coefficient (Wildman–Crippen LogP) is 4.62. The van der Waals surface area contributed by atoms with Gasteiger partial charge in [-0.05, 0) is 30.3 Å². The highest BCUT2D eigenvalue weighted by Gasteiger charge is 2.65. The van der Waals surface area contributed by atoms with Crippen molar-refractivity contribution < 1.29 is 24.2 Å². The monoisotopic (exact) mass is 313 g/mol. The van der Waals surface area contributed by atoms with Crippen LogP contribution in [0.1, 0.15) is 0 Å². The molecule has 1 heterocycles. The zero-order valence-corrected chi connectivity index (χ0v) is 10.5. The van der Waals surface area contributed by atoms with Crippen LogP contribution in [0.2, 0.25) is 0 Å². The standard InChI is InChI=1S/C10H8F5N3OS/c11-20(12,13,14,15)9-4-2-8(3-5-9)17-10(19)18-7-1-6-16-18/h1-7H,(H,17,19). The van der Waals surface area contributed by atoms with Crippen LogP contribution in [0, 0.1) is 0 Å². The van der Waals surface area contributed by atoms with E-state index in [0.29, 0.717) is 0 Å². The third-order valence-corrected chi connectivity index (χ3v) is 3.43. The zero-order chi connectivity index (χ0) is 15.1. The van der Waals surface area contributed by atoms with E-state index in [-0.39, 0.29) is 17.8 Å². The van der Waals surface area contributed by atoms with Crippen LogP contribution < -0.4 is 5.32 Å². The molecule has 1 aromatic carbocycles. The molecule has 0 bridgehead atoms. The molecule has 0 atom stereocenters. The number of carbonyl (C=O) groups excluding carboxylic acids is 1. The molecule has 0 fully saturated rings. The fraction of sp³-hybridized carbons (Fsp3) is 0. The van der Waals surface area contributed by atoms with Gasteiger partial charge in [0.2, 0.25) is 0 Å². The van der Waals surface area contributed by atoms with Crippen LogP contribution in [0.4, 0.5) is 29.9 Å². The topological polar surface area (TPSA) is 46.9 Å². The first-order valence-electron chi connectivity index (χ1n) is 5.11. The van der Waals surface area contributed by atoms with Gasteiger partial charge in [0.15, 0.2) is 0 Å². The van der Waals surface area contributed by atoms with E-state index >= 15 is 0 Å². The first-order valence-corrected chi connectivity index (χ1v) is 7.06. The van der Waals surface area contributed by atoms with Crippen LogP contribution in [0.15, 0.2) is 47.6 Å². The van der Waals surface area contributed by atoms with Crippen LogP contribution in [0.25, 0.3) is 0 Å². The van der Waals surface area contributed by atoms with Gasteiger partial charge in [-0.1, -0.05) is 19.4 Å². The second kappa shape index (κ2) is 3.72. The summed E-state index contributed by atoms with van der Waals surface area (Å²) in [7, 11) is -9.68. The number of nitrogens with zero attached hydrogens (tertiary/aromatic N) is 2. The summed E-state index contributed by atoms with van der Waals surface area (Å²) in [6.45, 7) is 0. The number of carbonyl (C=O) groups is 1. The van der Waals surface area contributed by atoms with Gasteiger partial charge in [-0.2, -0.15) is 9.78 Å². The molecular weight excluding hydrogens is 305 g/mol. The molecule has 1 aromatic heterocycles. The fourth-order valence-corrected chi connectivity index (χ4v) is 2.02. The maximum Gasteiger partial charge on any atom is 0.346 e. The van der Waals surface area contributed by atoms with Crippen molar-refractivity contribution in [3.8, 4) is 0 Å². The lowest BCUT2D eigenvalue weighted by molar-refractivity contribution is 0.251. The molecule has 4 nitrogen and oxygen atoms in total. The van der Waals surface area contributed by atoms with Crippen molar-refractivity contribution in [1.29, 1.82) is 0 Å². The smallest absolute Gasteiger partial charge is 0.306 e. The molecule has 0 aliphatic rings. The highest BCUT2D eigenvalue weighted by molar-refractivity contribution is 8.45. The SMILES string of the molecule is O=C(Nc1ccc(S(F)(F)(F)(F)F)cc1)n1cccn1. The molecule has 110 valence electrons. The van der Waals surface area contributed by atoms with Gasteiger partial charge >= 0.3 is 16.3 Å². The first-order chi connectivity index (χ1) is 8.95. The Morgan fingerprint density at radius 1 is 1.10 bits per heavy atom. The summed E-state index contributed by atoms with van der Waals surface area (Å²) >= 11 is 0. The van der Waals surface area contributed by atoms with Gasteiger partial charge < -0.3 is 5.32 Å². The summed E-state index contributed by atoms with van der Waals surface area (Å²) in [6, 6.07) is 2.68. The van der Waals surface area contributed by atoms with Crippen molar-refractivity contribution in [2.24, 2.45) is 0 Å². The van der Waals surface area contributed by atoms with E-state index in [0.717, 1.165) is 16.8 Å². The number of hydrogen-bond acceptors (Lipinski definition) is 2. The normalized spacial score (nSPS) is 15.2. The molecule has 1 amide bonds. The Bertz CT molecular complexity index is 636. The van der Waals surface area contributed by atoms with E-state index in [1.54, 1.807) is 0 Å². The number of halogens is 5. The highest BCUT2D eigenvalue weighted by atomic mass is 32.5. The summed E-state index contributed by atoms with van der Waals surface area (Å²) in [5, 5.41) is 5.81.